The van der Waals surface area contributed by atoms with E-state index >= 15 is 4.39 Å². The fraction of sp³-hybridized carbons (Fsp3) is 0.400. The molecule has 1 heterocycles. The maximum Gasteiger partial charge on any atom is 0.227 e. The highest BCUT2D eigenvalue weighted by molar-refractivity contribution is 5.82. The summed E-state index contributed by atoms with van der Waals surface area (Å²) in [6.45, 7) is 0.373. The van der Waals surface area contributed by atoms with Gasteiger partial charge < -0.3 is 19.2 Å². The largest absolute Gasteiger partial charge is 0.493 e. The van der Waals surface area contributed by atoms with E-state index < -0.39 is 5.41 Å². The third-order valence-corrected chi connectivity index (χ3v) is 6.29. The monoisotopic (exact) mass is 425 g/mol. The van der Waals surface area contributed by atoms with Gasteiger partial charge in [0, 0.05) is 23.4 Å². The number of halogens is 1. The van der Waals surface area contributed by atoms with E-state index in [4.69, 9.17) is 13.9 Å². The molecule has 4 rings (SSSR count). The first-order valence-corrected chi connectivity index (χ1v) is 10.7. The molecule has 5 nitrogen and oxygen atoms in total. The van der Waals surface area contributed by atoms with Crippen LogP contribution in [-0.4, -0.2) is 26.7 Å². The summed E-state index contributed by atoms with van der Waals surface area (Å²) in [5, 5.41) is 4.01. The summed E-state index contributed by atoms with van der Waals surface area (Å²) >= 11 is 0. The van der Waals surface area contributed by atoms with Gasteiger partial charge in [-0.05, 0) is 36.6 Å². The molecule has 3 aromatic rings. The van der Waals surface area contributed by atoms with Crippen molar-refractivity contribution in [3.8, 4) is 11.5 Å². The number of ether oxygens (including phenoxy) is 2. The van der Waals surface area contributed by atoms with Crippen molar-refractivity contribution < 1.29 is 23.1 Å². The van der Waals surface area contributed by atoms with Crippen LogP contribution in [0, 0.1) is 5.82 Å². The number of carbonyl (C=O) groups is 1. The van der Waals surface area contributed by atoms with E-state index in [1.165, 1.54) is 13.2 Å². The van der Waals surface area contributed by atoms with Crippen molar-refractivity contribution in [1.82, 2.24) is 5.32 Å². The first-order chi connectivity index (χ1) is 15.0. The molecular formula is C25H28FNO4. The molecule has 6 heteroatoms. The summed E-state index contributed by atoms with van der Waals surface area (Å²) in [6, 6.07) is 12.7. The predicted octanol–water partition coefficient (Wildman–Crippen LogP) is 5.15. The average molecular weight is 426 g/mol. The number of furan rings is 1. The minimum atomic E-state index is -0.467. The van der Waals surface area contributed by atoms with E-state index in [0.29, 0.717) is 29.4 Å². The molecule has 1 aliphatic rings. The van der Waals surface area contributed by atoms with E-state index in [0.717, 1.165) is 43.1 Å². The second-order valence-electron chi connectivity index (χ2n) is 8.23. The molecule has 1 N–H and O–H groups in total. The first kappa shape index (κ1) is 21.2. The van der Waals surface area contributed by atoms with Gasteiger partial charge in [-0.2, -0.15) is 0 Å². The number of para-hydroxylation sites is 1. The topological polar surface area (TPSA) is 60.7 Å². The van der Waals surface area contributed by atoms with E-state index in [2.05, 4.69) is 5.32 Å². The van der Waals surface area contributed by atoms with E-state index in [1.807, 2.05) is 30.3 Å². The maximum atomic E-state index is 15.1. The number of fused-ring (bicyclic) bond motifs is 1. The van der Waals surface area contributed by atoms with E-state index in [-0.39, 0.29) is 18.1 Å². The van der Waals surface area contributed by atoms with Crippen LogP contribution in [0.1, 0.15) is 43.4 Å². The number of amides is 1. The van der Waals surface area contributed by atoms with Crippen molar-refractivity contribution in [2.24, 2.45) is 0 Å². The fourth-order valence-corrected chi connectivity index (χ4v) is 4.64. The zero-order valence-corrected chi connectivity index (χ0v) is 18.0. The Morgan fingerprint density at radius 2 is 1.77 bits per heavy atom. The zero-order valence-electron chi connectivity index (χ0n) is 18.0. The lowest BCUT2D eigenvalue weighted by Gasteiger charge is -2.38. The molecule has 164 valence electrons. The number of hydrogen-bond donors (Lipinski definition) is 1. The highest BCUT2D eigenvalue weighted by Gasteiger charge is 2.37. The second-order valence-corrected chi connectivity index (χ2v) is 8.23. The first-order valence-electron chi connectivity index (χ1n) is 10.7. The van der Waals surface area contributed by atoms with Crippen molar-refractivity contribution in [1.29, 1.82) is 0 Å². The third kappa shape index (κ3) is 4.38. The molecule has 0 spiro atoms. The lowest BCUT2D eigenvalue weighted by Crippen LogP contribution is -2.43. The molecule has 1 aromatic heterocycles. The van der Waals surface area contributed by atoms with Crippen molar-refractivity contribution in [3.05, 3.63) is 59.6 Å². The summed E-state index contributed by atoms with van der Waals surface area (Å²) < 4.78 is 31.5. The van der Waals surface area contributed by atoms with E-state index in [1.54, 1.807) is 13.2 Å². The Kier molecular flexibility index (Phi) is 6.16. The smallest absolute Gasteiger partial charge is 0.227 e. The lowest BCUT2D eigenvalue weighted by molar-refractivity contribution is -0.121. The number of carbonyl (C=O) groups excluding carboxylic acids is 1. The molecule has 1 aliphatic carbocycles. The quantitative estimate of drug-likeness (QED) is 0.569. The number of benzene rings is 2. The summed E-state index contributed by atoms with van der Waals surface area (Å²) in [5.41, 5.74) is 0.876. The molecule has 31 heavy (non-hydrogen) atoms. The molecule has 1 amide bonds. The maximum absolute atomic E-state index is 15.1. The second kappa shape index (κ2) is 9.00. The molecule has 0 aliphatic heterocycles. The molecule has 1 fully saturated rings. The van der Waals surface area contributed by atoms with Crippen LogP contribution in [0.4, 0.5) is 4.39 Å². The Bertz CT molecular complexity index is 1040. The van der Waals surface area contributed by atoms with Gasteiger partial charge in [0.2, 0.25) is 5.91 Å². The van der Waals surface area contributed by atoms with Gasteiger partial charge in [0.1, 0.15) is 17.2 Å². The molecule has 0 unspecified atom stereocenters. The molecule has 0 radical (unpaired) electrons. The number of hydrogen-bond acceptors (Lipinski definition) is 4. The fourth-order valence-electron chi connectivity index (χ4n) is 4.64. The van der Waals surface area contributed by atoms with Crippen LogP contribution in [0.15, 0.2) is 46.9 Å². The average Bonchev–Trinajstić information content (AvgIpc) is 3.20. The molecule has 0 saturated heterocycles. The van der Waals surface area contributed by atoms with Gasteiger partial charge in [-0.15, -0.1) is 0 Å². The summed E-state index contributed by atoms with van der Waals surface area (Å²) in [6.07, 6.45) is 4.87. The number of rotatable bonds is 7. The normalized spacial score (nSPS) is 15.6. The van der Waals surface area contributed by atoms with E-state index in [9.17, 15) is 4.79 Å². The minimum Gasteiger partial charge on any atom is -0.493 e. The van der Waals surface area contributed by atoms with Crippen molar-refractivity contribution in [3.63, 3.8) is 0 Å². The lowest BCUT2D eigenvalue weighted by atomic mass is 9.69. The van der Waals surface area contributed by atoms with Crippen LogP contribution in [-0.2, 0) is 16.6 Å². The van der Waals surface area contributed by atoms with Gasteiger partial charge >= 0.3 is 0 Å². The SMILES string of the molecule is COc1cc(F)c(C2(CNC(=O)Cc3cc4ccccc4o3)CCCCC2)cc1OC. The predicted molar refractivity (Wildman–Crippen MR) is 117 cm³/mol. The van der Waals surface area contributed by atoms with Gasteiger partial charge in [0.25, 0.3) is 0 Å². The third-order valence-electron chi connectivity index (χ3n) is 6.29. The Hall–Kier alpha value is -3.02. The van der Waals surface area contributed by atoms with Crippen LogP contribution in [0.25, 0.3) is 11.0 Å². The van der Waals surface area contributed by atoms with Gasteiger partial charge in [-0.1, -0.05) is 37.5 Å². The molecule has 0 atom stereocenters. The van der Waals surface area contributed by atoms with Crippen LogP contribution >= 0.6 is 0 Å². The highest BCUT2D eigenvalue weighted by Crippen LogP contribution is 2.43. The van der Waals surface area contributed by atoms with Crippen LogP contribution in [0.3, 0.4) is 0 Å². The zero-order chi connectivity index (χ0) is 21.8. The van der Waals surface area contributed by atoms with Gasteiger partial charge in [0.15, 0.2) is 11.5 Å². The van der Waals surface area contributed by atoms with Gasteiger partial charge in [0.05, 0.1) is 20.6 Å². The molecule has 1 saturated carbocycles. The van der Waals surface area contributed by atoms with Crippen LogP contribution in [0.2, 0.25) is 0 Å². The van der Waals surface area contributed by atoms with Crippen LogP contribution < -0.4 is 14.8 Å². The molecule has 0 bridgehead atoms. The van der Waals surface area contributed by atoms with Gasteiger partial charge in [-0.25, -0.2) is 4.39 Å². The summed E-state index contributed by atoms with van der Waals surface area (Å²) in [7, 11) is 3.04. The van der Waals surface area contributed by atoms with Crippen LogP contribution in [0.5, 0.6) is 11.5 Å². The Balaban J connectivity index is 1.53. The Morgan fingerprint density at radius 1 is 1.06 bits per heavy atom. The Labute approximate surface area is 181 Å². The molecule has 2 aromatic carbocycles. The van der Waals surface area contributed by atoms with Crippen molar-refractivity contribution >= 4 is 16.9 Å². The molecular weight excluding hydrogens is 397 g/mol. The van der Waals surface area contributed by atoms with Crippen molar-refractivity contribution in [2.75, 3.05) is 20.8 Å². The van der Waals surface area contributed by atoms with Crippen molar-refractivity contribution in [2.45, 2.75) is 43.9 Å². The standard InChI is InChI=1S/C25H28FNO4/c1-29-22-14-19(20(26)15-23(22)30-2)25(10-6-3-7-11-25)16-27-24(28)13-18-12-17-8-4-5-9-21(17)31-18/h4-5,8-9,12,14-15H,3,6-7,10-11,13,16H2,1-2H3,(H,27,28). The highest BCUT2D eigenvalue weighted by atomic mass is 19.1. The summed E-state index contributed by atoms with van der Waals surface area (Å²) in [5.74, 6) is 1.02. The Morgan fingerprint density at radius 3 is 2.48 bits per heavy atom. The number of nitrogens with one attached hydrogen (secondary N) is 1. The van der Waals surface area contributed by atoms with Gasteiger partial charge in [-0.3, -0.25) is 4.79 Å². The number of methoxy groups -OCH3 is 2. The summed E-state index contributed by atoms with van der Waals surface area (Å²) in [4.78, 5) is 12.7. The minimum absolute atomic E-state index is 0.134.